The van der Waals surface area contributed by atoms with E-state index >= 15 is 0 Å². The van der Waals surface area contributed by atoms with Crippen molar-refractivity contribution in [3.05, 3.63) is 35.1 Å². The first-order valence-corrected chi connectivity index (χ1v) is 6.22. The molecule has 1 nitrogen and oxygen atoms in total. The number of fused-ring (bicyclic) bond motifs is 2. The van der Waals surface area contributed by atoms with Crippen LogP contribution in [0, 0.1) is 5.82 Å². The lowest BCUT2D eigenvalue weighted by molar-refractivity contribution is 0.296. The SMILES string of the molecule is CC1CC2(CCNCC2)c2cc(F)ccc21. The fourth-order valence-corrected chi connectivity index (χ4v) is 3.60. The number of piperidine rings is 1. The summed E-state index contributed by atoms with van der Waals surface area (Å²) in [4.78, 5) is 0. The molecule has 86 valence electrons. The van der Waals surface area contributed by atoms with E-state index < -0.39 is 0 Å². The number of benzene rings is 1. The molecule has 1 heterocycles. The molecule has 1 spiro atoms. The summed E-state index contributed by atoms with van der Waals surface area (Å²) in [5, 5.41) is 3.40. The van der Waals surface area contributed by atoms with Crippen LogP contribution in [-0.4, -0.2) is 13.1 Å². The van der Waals surface area contributed by atoms with Crippen molar-refractivity contribution in [3.63, 3.8) is 0 Å². The summed E-state index contributed by atoms with van der Waals surface area (Å²) in [6.07, 6.45) is 3.52. The Hall–Kier alpha value is -0.890. The minimum atomic E-state index is -0.0780. The van der Waals surface area contributed by atoms with Crippen molar-refractivity contribution in [2.75, 3.05) is 13.1 Å². The first-order chi connectivity index (χ1) is 7.71. The molecule has 1 N–H and O–H groups in total. The van der Waals surface area contributed by atoms with Crippen LogP contribution >= 0.6 is 0 Å². The molecule has 1 aliphatic heterocycles. The van der Waals surface area contributed by atoms with Crippen LogP contribution < -0.4 is 5.32 Å². The lowest BCUT2D eigenvalue weighted by Crippen LogP contribution is -2.38. The fraction of sp³-hybridized carbons (Fsp3) is 0.571. The van der Waals surface area contributed by atoms with Crippen LogP contribution in [0.15, 0.2) is 18.2 Å². The van der Waals surface area contributed by atoms with Crippen molar-refractivity contribution in [1.29, 1.82) is 0 Å². The summed E-state index contributed by atoms with van der Waals surface area (Å²) < 4.78 is 13.4. The Bertz CT molecular complexity index is 407. The van der Waals surface area contributed by atoms with E-state index in [0.29, 0.717) is 5.92 Å². The van der Waals surface area contributed by atoms with Crippen LogP contribution in [0.3, 0.4) is 0 Å². The second-order valence-corrected chi connectivity index (χ2v) is 5.37. The molecule has 0 aromatic heterocycles. The van der Waals surface area contributed by atoms with Gasteiger partial charge >= 0.3 is 0 Å². The van der Waals surface area contributed by atoms with Gasteiger partial charge in [0.05, 0.1) is 0 Å². The number of hydrogen-bond acceptors (Lipinski definition) is 1. The van der Waals surface area contributed by atoms with E-state index in [0.717, 1.165) is 25.9 Å². The van der Waals surface area contributed by atoms with Crippen LogP contribution in [0.2, 0.25) is 0 Å². The lowest BCUT2D eigenvalue weighted by Gasteiger charge is -2.35. The molecule has 0 radical (unpaired) electrons. The van der Waals surface area contributed by atoms with Gasteiger partial charge in [0.15, 0.2) is 0 Å². The molecule has 1 aromatic carbocycles. The van der Waals surface area contributed by atoms with Crippen LogP contribution in [-0.2, 0) is 5.41 Å². The largest absolute Gasteiger partial charge is 0.317 e. The number of rotatable bonds is 0. The molecule has 1 fully saturated rings. The number of nitrogens with one attached hydrogen (secondary N) is 1. The molecule has 16 heavy (non-hydrogen) atoms. The fourth-order valence-electron chi connectivity index (χ4n) is 3.60. The van der Waals surface area contributed by atoms with Crippen molar-refractivity contribution >= 4 is 0 Å². The highest BCUT2D eigenvalue weighted by Crippen LogP contribution is 2.50. The van der Waals surface area contributed by atoms with Gasteiger partial charge in [-0.2, -0.15) is 0 Å². The van der Waals surface area contributed by atoms with Gasteiger partial charge in [-0.15, -0.1) is 0 Å². The van der Waals surface area contributed by atoms with Gasteiger partial charge in [0.25, 0.3) is 0 Å². The minimum Gasteiger partial charge on any atom is -0.317 e. The van der Waals surface area contributed by atoms with Crippen LogP contribution in [0.25, 0.3) is 0 Å². The summed E-state index contributed by atoms with van der Waals surface area (Å²) in [5.41, 5.74) is 2.94. The summed E-state index contributed by atoms with van der Waals surface area (Å²) in [7, 11) is 0. The standard InChI is InChI=1S/C14H18FN/c1-10-9-14(4-6-16-7-5-14)13-8-11(15)2-3-12(10)13/h2-3,8,10,16H,4-7,9H2,1H3. The highest BCUT2D eigenvalue weighted by molar-refractivity contribution is 5.43. The highest BCUT2D eigenvalue weighted by atomic mass is 19.1. The first kappa shape index (κ1) is 10.3. The Labute approximate surface area is 96.1 Å². The molecule has 0 bridgehead atoms. The molecule has 2 heteroatoms. The third-order valence-electron chi connectivity index (χ3n) is 4.38. The molecule has 0 saturated carbocycles. The van der Waals surface area contributed by atoms with Crippen molar-refractivity contribution in [2.45, 2.75) is 37.5 Å². The Balaban J connectivity index is 2.09. The molecule has 1 aliphatic carbocycles. The zero-order chi connectivity index (χ0) is 11.2. The van der Waals surface area contributed by atoms with E-state index in [-0.39, 0.29) is 11.2 Å². The zero-order valence-electron chi connectivity index (χ0n) is 9.72. The molecule has 0 amide bonds. The Morgan fingerprint density at radius 2 is 2.06 bits per heavy atom. The van der Waals surface area contributed by atoms with Crippen molar-refractivity contribution in [3.8, 4) is 0 Å². The van der Waals surface area contributed by atoms with Gasteiger partial charge < -0.3 is 5.32 Å². The second kappa shape index (κ2) is 3.56. The predicted molar refractivity (Wildman–Crippen MR) is 63.2 cm³/mol. The van der Waals surface area contributed by atoms with Gasteiger partial charge in [-0.05, 0) is 66.9 Å². The van der Waals surface area contributed by atoms with E-state index in [1.54, 1.807) is 12.1 Å². The Morgan fingerprint density at radius 3 is 2.81 bits per heavy atom. The monoisotopic (exact) mass is 219 g/mol. The molecule has 1 atom stereocenters. The zero-order valence-corrected chi connectivity index (χ0v) is 9.72. The predicted octanol–water partition coefficient (Wildman–Crippen LogP) is 2.95. The van der Waals surface area contributed by atoms with E-state index in [1.807, 2.05) is 6.07 Å². The van der Waals surface area contributed by atoms with Gasteiger partial charge in [0.2, 0.25) is 0 Å². The maximum atomic E-state index is 13.4. The van der Waals surface area contributed by atoms with Gasteiger partial charge in [-0.3, -0.25) is 0 Å². The topological polar surface area (TPSA) is 12.0 Å². The average molecular weight is 219 g/mol. The quantitative estimate of drug-likeness (QED) is 0.707. The summed E-state index contributed by atoms with van der Waals surface area (Å²) in [5.74, 6) is 0.513. The van der Waals surface area contributed by atoms with Crippen molar-refractivity contribution in [1.82, 2.24) is 5.32 Å². The van der Waals surface area contributed by atoms with E-state index in [4.69, 9.17) is 0 Å². The summed E-state index contributed by atoms with van der Waals surface area (Å²) in [6.45, 7) is 4.42. The van der Waals surface area contributed by atoms with Gasteiger partial charge in [-0.25, -0.2) is 4.39 Å². The van der Waals surface area contributed by atoms with Crippen LogP contribution in [0.5, 0.6) is 0 Å². The van der Waals surface area contributed by atoms with Gasteiger partial charge in [0.1, 0.15) is 5.82 Å². The third kappa shape index (κ3) is 1.40. The summed E-state index contributed by atoms with van der Waals surface area (Å²) >= 11 is 0. The van der Waals surface area contributed by atoms with Crippen molar-refractivity contribution < 1.29 is 4.39 Å². The molecule has 1 unspecified atom stereocenters. The molecular weight excluding hydrogens is 201 g/mol. The third-order valence-corrected chi connectivity index (χ3v) is 4.38. The first-order valence-electron chi connectivity index (χ1n) is 6.22. The number of halogens is 1. The second-order valence-electron chi connectivity index (χ2n) is 5.37. The number of hydrogen-bond donors (Lipinski definition) is 1. The normalized spacial score (nSPS) is 27.0. The van der Waals surface area contributed by atoms with Gasteiger partial charge in [0, 0.05) is 0 Å². The van der Waals surface area contributed by atoms with Gasteiger partial charge in [-0.1, -0.05) is 13.0 Å². The van der Waals surface area contributed by atoms with Crippen LogP contribution in [0.4, 0.5) is 4.39 Å². The smallest absolute Gasteiger partial charge is 0.123 e. The molecule has 2 aliphatic rings. The van der Waals surface area contributed by atoms with Crippen LogP contribution in [0.1, 0.15) is 43.2 Å². The van der Waals surface area contributed by atoms with E-state index in [1.165, 1.54) is 17.5 Å². The van der Waals surface area contributed by atoms with Crippen molar-refractivity contribution in [2.24, 2.45) is 0 Å². The van der Waals surface area contributed by atoms with E-state index in [9.17, 15) is 4.39 Å². The Kier molecular flexibility index (Phi) is 2.28. The minimum absolute atomic E-state index is 0.0780. The maximum Gasteiger partial charge on any atom is 0.123 e. The average Bonchev–Trinajstić information content (AvgIpc) is 2.53. The maximum absolute atomic E-state index is 13.4. The molecule has 1 saturated heterocycles. The van der Waals surface area contributed by atoms with E-state index in [2.05, 4.69) is 12.2 Å². The molecule has 3 rings (SSSR count). The summed E-state index contributed by atoms with van der Waals surface area (Å²) in [6, 6.07) is 5.38. The Morgan fingerprint density at radius 1 is 1.31 bits per heavy atom. The molecular formula is C14H18FN. The molecule has 1 aromatic rings. The lowest BCUT2D eigenvalue weighted by atomic mass is 9.74. The highest BCUT2D eigenvalue weighted by Gasteiger charge is 2.42.